The number of aliphatic hydroxyl groups is 1. The van der Waals surface area contributed by atoms with Crippen molar-refractivity contribution in [2.45, 2.75) is 37.5 Å². The van der Waals surface area contributed by atoms with Crippen LogP contribution in [0.5, 0.6) is 5.75 Å². The lowest BCUT2D eigenvalue weighted by Crippen LogP contribution is -2.49. The van der Waals surface area contributed by atoms with Gasteiger partial charge in [0, 0.05) is 23.5 Å². The van der Waals surface area contributed by atoms with E-state index in [1.807, 2.05) is 48.5 Å². The first-order valence-electron chi connectivity index (χ1n) is 13.5. The van der Waals surface area contributed by atoms with Crippen molar-refractivity contribution in [1.29, 1.82) is 0 Å². The zero-order chi connectivity index (χ0) is 26.7. The van der Waals surface area contributed by atoms with Crippen molar-refractivity contribution < 1.29 is 9.84 Å². The summed E-state index contributed by atoms with van der Waals surface area (Å²) in [6, 6.07) is 36.1. The third-order valence-electron chi connectivity index (χ3n) is 7.72. The first kappa shape index (κ1) is 25.1. The summed E-state index contributed by atoms with van der Waals surface area (Å²) in [6.07, 6.45) is 1.92. The van der Waals surface area contributed by atoms with Crippen molar-refractivity contribution >= 4 is 10.9 Å². The van der Waals surface area contributed by atoms with Gasteiger partial charge in [-0.2, -0.15) is 0 Å². The number of aliphatic hydroxyl groups excluding tert-OH is 1. The maximum Gasteiger partial charge on any atom is 0.248 e. The van der Waals surface area contributed by atoms with Gasteiger partial charge < -0.3 is 20.1 Å². The van der Waals surface area contributed by atoms with Gasteiger partial charge in [0.1, 0.15) is 12.4 Å². The van der Waals surface area contributed by atoms with E-state index >= 15 is 0 Å². The molecular weight excluding hydrogens is 484 g/mol. The van der Waals surface area contributed by atoms with E-state index < -0.39 is 6.10 Å². The highest BCUT2D eigenvalue weighted by atomic mass is 16.5. The zero-order valence-corrected chi connectivity index (χ0v) is 21.8. The van der Waals surface area contributed by atoms with Gasteiger partial charge >= 0.3 is 0 Å². The molecule has 0 saturated heterocycles. The monoisotopic (exact) mass is 516 g/mol. The van der Waals surface area contributed by atoms with Gasteiger partial charge in [0.25, 0.3) is 0 Å². The molecule has 1 aromatic heterocycles. The fourth-order valence-corrected chi connectivity index (χ4v) is 5.81. The Kier molecular flexibility index (Phi) is 7.01. The Morgan fingerprint density at radius 2 is 1.44 bits per heavy atom. The fourth-order valence-electron chi connectivity index (χ4n) is 5.81. The average Bonchev–Trinajstić information content (AvgIpc) is 3.34. The van der Waals surface area contributed by atoms with Gasteiger partial charge in [0.15, 0.2) is 0 Å². The quantitative estimate of drug-likeness (QED) is 0.242. The number of aromatic amines is 1. The molecule has 6 rings (SSSR count). The second-order valence-electron chi connectivity index (χ2n) is 10.5. The van der Waals surface area contributed by atoms with Crippen molar-refractivity contribution in [1.82, 2.24) is 10.3 Å². The summed E-state index contributed by atoms with van der Waals surface area (Å²) in [5, 5.41) is 16.0. The molecule has 3 N–H and O–H groups in total. The van der Waals surface area contributed by atoms with E-state index in [4.69, 9.17) is 4.74 Å². The van der Waals surface area contributed by atoms with Crippen LogP contribution in [0.25, 0.3) is 10.9 Å². The SMILES string of the molecule is O=c1ccc2c([C@@H](O)CNC3(Cc4ccccc4)Cc4ccccc4C3)ccc(OCc3ccccc3)c2[nH]1. The van der Waals surface area contributed by atoms with Crippen molar-refractivity contribution in [3.8, 4) is 5.75 Å². The molecule has 4 aromatic carbocycles. The molecule has 1 aliphatic carbocycles. The topological polar surface area (TPSA) is 74.3 Å². The number of benzene rings is 4. The van der Waals surface area contributed by atoms with E-state index in [9.17, 15) is 9.90 Å². The standard InChI is InChI=1S/C34H32N2O3/c37-30(22-35-34(19-24-9-3-1-4-10-24)20-26-13-7-8-14-27(26)21-34)28-15-17-31(33-29(28)16-18-32(38)36-33)39-23-25-11-5-2-6-12-25/h1-18,30,35,37H,19-23H2,(H,36,38)/t30-/m0/s1. The molecule has 1 aliphatic rings. The van der Waals surface area contributed by atoms with Crippen LogP contribution in [0, 0.1) is 0 Å². The van der Waals surface area contributed by atoms with Crippen molar-refractivity contribution in [2.75, 3.05) is 6.54 Å². The molecule has 0 fully saturated rings. The molecule has 5 nitrogen and oxygen atoms in total. The molecule has 39 heavy (non-hydrogen) atoms. The number of H-pyrrole nitrogens is 1. The number of ether oxygens (including phenoxy) is 1. The Labute approximate surface area is 228 Å². The Hall–Kier alpha value is -4.19. The second-order valence-corrected chi connectivity index (χ2v) is 10.5. The maximum atomic E-state index is 12.2. The summed E-state index contributed by atoms with van der Waals surface area (Å²) in [4.78, 5) is 15.2. The molecule has 5 aromatic rings. The summed E-state index contributed by atoms with van der Waals surface area (Å²) >= 11 is 0. The molecule has 0 bridgehead atoms. The van der Waals surface area contributed by atoms with Gasteiger partial charge in [-0.25, -0.2) is 0 Å². The van der Waals surface area contributed by atoms with Gasteiger partial charge in [0.2, 0.25) is 5.56 Å². The van der Waals surface area contributed by atoms with Gasteiger partial charge in [-0.05, 0) is 59.2 Å². The fraction of sp³-hybridized carbons (Fsp3) is 0.206. The number of hydrogen-bond donors (Lipinski definition) is 3. The van der Waals surface area contributed by atoms with Crippen LogP contribution >= 0.6 is 0 Å². The first-order chi connectivity index (χ1) is 19.1. The van der Waals surface area contributed by atoms with Crippen molar-refractivity contribution in [2.24, 2.45) is 0 Å². The minimum Gasteiger partial charge on any atom is -0.487 e. The lowest BCUT2D eigenvalue weighted by atomic mass is 9.87. The predicted molar refractivity (Wildman–Crippen MR) is 155 cm³/mol. The summed E-state index contributed by atoms with van der Waals surface area (Å²) in [6.45, 7) is 0.776. The highest BCUT2D eigenvalue weighted by molar-refractivity contribution is 5.87. The predicted octanol–water partition coefficient (Wildman–Crippen LogP) is 5.51. The Morgan fingerprint density at radius 1 is 0.795 bits per heavy atom. The number of β-amino-alcohol motifs (C(OH)–C–C–N with tert-alkyl or cyclic N) is 1. The van der Waals surface area contributed by atoms with Crippen LogP contribution in [0.3, 0.4) is 0 Å². The lowest BCUT2D eigenvalue weighted by molar-refractivity contribution is 0.157. The third kappa shape index (κ3) is 5.51. The normalized spacial score (nSPS) is 14.7. The van der Waals surface area contributed by atoms with Crippen LogP contribution < -0.4 is 15.6 Å². The van der Waals surface area contributed by atoms with Gasteiger partial charge in [0.05, 0.1) is 11.6 Å². The Balaban J connectivity index is 1.25. The van der Waals surface area contributed by atoms with E-state index in [1.54, 1.807) is 6.07 Å². The highest BCUT2D eigenvalue weighted by Crippen LogP contribution is 2.34. The molecule has 0 unspecified atom stereocenters. The molecule has 0 amide bonds. The van der Waals surface area contributed by atoms with Crippen LogP contribution in [-0.4, -0.2) is 22.2 Å². The summed E-state index contributed by atoms with van der Waals surface area (Å²) < 4.78 is 6.09. The molecule has 196 valence electrons. The average molecular weight is 517 g/mol. The van der Waals surface area contributed by atoms with Crippen molar-refractivity contribution in [3.63, 3.8) is 0 Å². The van der Waals surface area contributed by atoms with E-state index in [1.165, 1.54) is 22.8 Å². The van der Waals surface area contributed by atoms with Gasteiger partial charge in [-0.3, -0.25) is 4.79 Å². The third-order valence-corrected chi connectivity index (χ3v) is 7.72. The minimum absolute atomic E-state index is 0.186. The number of fused-ring (bicyclic) bond motifs is 2. The largest absolute Gasteiger partial charge is 0.487 e. The highest BCUT2D eigenvalue weighted by Gasteiger charge is 2.37. The van der Waals surface area contributed by atoms with E-state index in [-0.39, 0.29) is 11.1 Å². The molecule has 0 spiro atoms. The van der Waals surface area contributed by atoms with E-state index in [0.717, 1.165) is 35.8 Å². The molecule has 5 heteroatoms. The summed E-state index contributed by atoms with van der Waals surface area (Å²) in [7, 11) is 0. The number of nitrogens with one attached hydrogen (secondary N) is 2. The maximum absolute atomic E-state index is 12.2. The molecule has 0 aliphatic heterocycles. The van der Waals surface area contributed by atoms with Crippen molar-refractivity contribution in [3.05, 3.63) is 147 Å². The Morgan fingerprint density at radius 3 is 2.13 bits per heavy atom. The molecule has 1 heterocycles. The Bertz CT molecular complexity index is 1600. The minimum atomic E-state index is -0.766. The van der Waals surface area contributed by atoms with Crippen LogP contribution in [0.15, 0.2) is 114 Å². The number of rotatable bonds is 9. The molecular formula is C34H32N2O3. The van der Waals surface area contributed by atoms with E-state index in [0.29, 0.717) is 24.4 Å². The molecule has 1 atom stereocenters. The lowest BCUT2D eigenvalue weighted by Gasteiger charge is -2.32. The van der Waals surface area contributed by atoms with Crippen LogP contribution in [-0.2, 0) is 25.9 Å². The van der Waals surface area contributed by atoms with Gasteiger partial charge in [-0.1, -0.05) is 91.0 Å². The number of hydrogen-bond acceptors (Lipinski definition) is 4. The number of pyridine rings is 1. The van der Waals surface area contributed by atoms with Crippen LogP contribution in [0.4, 0.5) is 0 Å². The molecule has 0 saturated carbocycles. The van der Waals surface area contributed by atoms with E-state index in [2.05, 4.69) is 58.8 Å². The zero-order valence-electron chi connectivity index (χ0n) is 21.8. The van der Waals surface area contributed by atoms with Gasteiger partial charge in [-0.15, -0.1) is 0 Å². The summed E-state index contributed by atoms with van der Waals surface area (Å²) in [5.74, 6) is 0.585. The van der Waals surface area contributed by atoms with Crippen LogP contribution in [0.1, 0.15) is 33.9 Å². The first-order valence-corrected chi connectivity index (χ1v) is 13.5. The summed E-state index contributed by atoms with van der Waals surface area (Å²) in [5.41, 5.74) is 6.00. The number of aromatic nitrogens is 1. The molecule has 0 radical (unpaired) electrons. The second kappa shape index (κ2) is 10.9. The smallest absolute Gasteiger partial charge is 0.248 e. The van der Waals surface area contributed by atoms with Crippen LogP contribution in [0.2, 0.25) is 0 Å².